The summed E-state index contributed by atoms with van der Waals surface area (Å²) in [5.41, 5.74) is 1.67. The largest absolute Gasteiger partial charge is 0.333 e. The zero-order valence-electron chi connectivity index (χ0n) is 10.6. The van der Waals surface area contributed by atoms with Crippen LogP contribution in [0.1, 0.15) is 22.8 Å². The van der Waals surface area contributed by atoms with E-state index in [2.05, 4.69) is 5.32 Å². The molecule has 5 heteroatoms. The first-order valence-corrected chi connectivity index (χ1v) is 6.25. The molecule has 1 amide bonds. The second-order valence-electron chi connectivity index (χ2n) is 4.53. The average molecular weight is 289 g/mol. The Kier molecular flexibility index (Phi) is 5.45. The Morgan fingerprint density at radius 1 is 1.50 bits per heavy atom. The van der Waals surface area contributed by atoms with E-state index in [4.69, 9.17) is 11.6 Å². The topological polar surface area (TPSA) is 32.3 Å². The van der Waals surface area contributed by atoms with Crippen LogP contribution in [0, 0.1) is 6.92 Å². The van der Waals surface area contributed by atoms with Crippen LogP contribution < -0.4 is 5.32 Å². The molecule has 1 N–H and O–H groups in total. The first-order valence-electron chi connectivity index (χ1n) is 5.87. The number of aryl methyl sites for hydroxylation is 1. The quantitative estimate of drug-likeness (QED) is 0.861. The van der Waals surface area contributed by atoms with Crippen LogP contribution >= 0.6 is 24.0 Å². The summed E-state index contributed by atoms with van der Waals surface area (Å²) < 4.78 is 0. The van der Waals surface area contributed by atoms with Gasteiger partial charge in [0.05, 0.1) is 10.6 Å². The Labute approximate surface area is 119 Å². The van der Waals surface area contributed by atoms with Gasteiger partial charge >= 0.3 is 0 Å². The van der Waals surface area contributed by atoms with E-state index in [1.807, 2.05) is 36.9 Å². The molecule has 0 bridgehead atoms. The second-order valence-corrected chi connectivity index (χ2v) is 4.94. The van der Waals surface area contributed by atoms with Gasteiger partial charge in [0.1, 0.15) is 0 Å². The van der Waals surface area contributed by atoms with Crippen LogP contribution in [0.4, 0.5) is 0 Å². The lowest BCUT2D eigenvalue weighted by atomic mass is 10.1. The zero-order chi connectivity index (χ0) is 12.4. The number of benzene rings is 1. The summed E-state index contributed by atoms with van der Waals surface area (Å²) in [4.78, 5) is 14.2. The highest BCUT2D eigenvalue weighted by Gasteiger charge is 2.25. The van der Waals surface area contributed by atoms with E-state index in [9.17, 15) is 4.79 Å². The van der Waals surface area contributed by atoms with Crippen LogP contribution in [-0.2, 0) is 0 Å². The Morgan fingerprint density at radius 2 is 2.22 bits per heavy atom. The minimum Gasteiger partial charge on any atom is -0.333 e. The van der Waals surface area contributed by atoms with Crippen LogP contribution in [0.2, 0.25) is 5.02 Å². The molecule has 1 atom stereocenters. The van der Waals surface area contributed by atoms with Crippen molar-refractivity contribution in [2.45, 2.75) is 19.9 Å². The summed E-state index contributed by atoms with van der Waals surface area (Å²) in [6.07, 6.45) is 0. The van der Waals surface area contributed by atoms with Crippen molar-refractivity contribution in [3.8, 4) is 0 Å². The van der Waals surface area contributed by atoms with Crippen LogP contribution in [0.5, 0.6) is 0 Å². The maximum absolute atomic E-state index is 12.4. The summed E-state index contributed by atoms with van der Waals surface area (Å²) in [7, 11) is 0. The minimum atomic E-state index is 0. The second kappa shape index (κ2) is 6.41. The van der Waals surface area contributed by atoms with Crippen molar-refractivity contribution in [3.63, 3.8) is 0 Å². The molecular weight excluding hydrogens is 271 g/mol. The number of carbonyl (C=O) groups excluding carboxylic acids is 1. The van der Waals surface area contributed by atoms with Gasteiger partial charge in [0.2, 0.25) is 0 Å². The fourth-order valence-electron chi connectivity index (χ4n) is 2.09. The Morgan fingerprint density at radius 3 is 2.83 bits per heavy atom. The number of hydrogen-bond acceptors (Lipinski definition) is 2. The van der Waals surface area contributed by atoms with E-state index in [0.717, 1.165) is 25.2 Å². The van der Waals surface area contributed by atoms with Crippen molar-refractivity contribution in [1.82, 2.24) is 10.2 Å². The Balaban J connectivity index is 0.00000162. The number of halogens is 2. The van der Waals surface area contributed by atoms with Gasteiger partial charge in [-0.25, -0.2) is 0 Å². The molecule has 0 spiro atoms. The number of piperazine rings is 1. The molecule has 0 saturated carbocycles. The fraction of sp³-hybridized carbons (Fsp3) is 0.462. The van der Waals surface area contributed by atoms with Crippen molar-refractivity contribution in [2.24, 2.45) is 0 Å². The van der Waals surface area contributed by atoms with Gasteiger partial charge in [-0.2, -0.15) is 0 Å². The van der Waals surface area contributed by atoms with E-state index >= 15 is 0 Å². The average Bonchev–Trinajstić information content (AvgIpc) is 2.29. The van der Waals surface area contributed by atoms with E-state index in [-0.39, 0.29) is 24.4 Å². The minimum absolute atomic E-state index is 0. The predicted octanol–water partition coefficient (Wildman–Crippen LogP) is 2.50. The van der Waals surface area contributed by atoms with Crippen LogP contribution in [0.15, 0.2) is 18.2 Å². The van der Waals surface area contributed by atoms with E-state index < -0.39 is 0 Å². The number of hydrogen-bond donors (Lipinski definition) is 1. The number of rotatable bonds is 1. The first kappa shape index (κ1) is 15.3. The SMILES string of the molecule is Cc1ccc(C(=O)N2CCNC[C@@H]2C)c(Cl)c1.Cl. The molecule has 1 saturated heterocycles. The molecule has 1 heterocycles. The summed E-state index contributed by atoms with van der Waals surface area (Å²) in [5, 5.41) is 3.81. The molecule has 0 unspecified atom stereocenters. The fourth-order valence-corrected chi connectivity index (χ4v) is 2.41. The predicted molar refractivity (Wildman–Crippen MR) is 76.8 cm³/mol. The molecular formula is C13H18Cl2N2O. The molecule has 18 heavy (non-hydrogen) atoms. The summed E-state index contributed by atoms with van der Waals surface area (Å²) in [5.74, 6) is 0.0315. The van der Waals surface area contributed by atoms with Crippen molar-refractivity contribution in [2.75, 3.05) is 19.6 Å². The van der Waals surface area contributed by atoms with Crippen LogP contribution in [0.3, 0.4) is 0 Å². The molecule has 0 radical (unpaired) electrons. The molecule has 0 aliphatic carbocycles. The summed E-state index contributed by atoms with van der Waals surface area (Å²) in [6, 6.07) is 5.79. The summed E-state index contributed by atoms with van der Waals surface area (Å²) >= 11 is 6.13. The standard InChI is InChI=1S/C13H17ClN2O.ClH/c1-9-3-4-11(12(14)7-9)13(17)16-6-5-15-8-10(16)2;/h3-4,7,10,15H,5-6,8H2,1-2H3;1H/t10-;/m0./s1. The number of nitrogens with zero attached hydrogens (tertiary/aromatic N) is 1. The molecule has 1 aliphatic rings. The molecule has 2 rings (SSSR count). The van der Waals surface area contributed by atoms with Crippen LogP contribution in [-0.4, -0.2) is 36.5 Å². The van der Waals surface area contributed by atoms with Crippen LogP contribution in [0.25, 0.3) is 0 Å². The molecule has 3 nitrogen and oxygen atoms in total. The highest BCUT2D eigenvalue weighted by atomic mass is 35.5. The number of carbonyl (C=O) groups is 1. The third-order valence-corrected chi connectivity index (χ3v) is 3.43. The van der Waals surface area contributed by atoms with Gasteiger partial charge in [-0.3, -0.25) is 4.79 Å². The van der Waals surface area contributed by atoms with Crippen molar-refractivity contribution >= 4 is 29.9 Å². The third kappa shape index (κ3) is 3.16. The van der Waals surface area contributed by atoms with Gasteiger partial charge in [0.25, 0.3) is 5.91 Å². The van der Waals surface area contributed by atoms with E-state index in [1.165, 1.54) is 0 Å². The van der Waals surface area contributed by atoms with Crippen molar-refractivity contribution in [1.29, 1.82) is 0 Å². The maximum Gasteiger partial charge on any atom is 0.255 e. The maximum atomic E-state index is 12.4. The molecule has 1 fully saturated rings. The van der Waals surface area contributed by atoms with E-state index in [1.54, 1.807) is 0 Å². The highest BCUT2D eigenvalue weighted by Crippen LogP contribution is 2.20. The lowest BCUT2D eigenvalue weighted by molar-refractivity contribution is 0.0656. The van der Waals surface area contributed by atoms with Crippen molar-refractivity contribution < 1.29 is 4.79 Å². The van der Waals surface area contributed by atoms with Gasteiger partial charge in [0.15, 0.2) is 0 Å². The molecule has 0 aromatic heterocycles. The van der Waals surface area contributed by atoms with Gasteiger partial charge in [0, 0.05) is 25.7 Å². The third-order valence-electron chi connectivity index (χ3n) is 3.12. The Bertz CT molecular complexity index is 437. The lowest BCUT2D eigenvalue weighted by Gasteiger charge is -2.34. The molecule has 100 valence electrons. The lowest BCUT2D eigenvalue weighted by Crippen LogP contribution is -2.52. The zero-order valence-corrected chi connectivity index (χ0v) is 12.1. The number of nitrogens with one attached hydrogen (secondary N) is 1. The normalized spacial score (nSPS) is 19.3. The van der Waals surface area contributed by atoms with Gasteiger partial charge in [-0.05, 0) is 31.5 Å². The smallest absolute Gasteiger partial charge is 0.255 e. The Hall–Kier alpha value is -0.770. The van der Waals surface area contributed by atoms with Gasteiger partial charge < -0.3 is 10.2 Å². The monoisotopic (exact) mass is 288 g/mol. The van der Waals surface area contributed by atoms with Gasteiger partial charge in [-0.1, -0.05) is 17.7 Å². The molecule has 1 aromatic carbocycles. The molecule has 1 aliphatic heterocycles. The summed E-state index contributed by atoms with van der Waals surface area (Å²) in [6.45, 7) is 6.44. The number of amides is 1. The van der Waals surface area contributed by atoms with Crippen molar-refractivity contribution in [3.05, 3.63) is 34.3 Å². The highest BCUT2D eigenvalue weighted by molar-refractivity contribution is 6.33. The first-order chi connectivity index (χ1) is 8.09. The molecule has 1 aromatic rings. The van der Waals surface area contributed by atoms with Gasteiger partial charge in [-0.15, -0.1) is 12.4 Å². The van der Waals surface area contributed by atoms with E-state index in [0.29, 0.717) is 10.6 Å².